The summed E-state index contributed by atoms with van der Waals surface area (Å²) in [5, 5.41) is 0.402. The highest BCUT2D eigenvalue weighted by Gasteiger charge is 2.02. The van der Waals surface area contributed by atoms with Gasteiger partial charge >= 0.3 is 11.4 Å². The van der Waals surface area contributed by atoms with E-state index in [9.17, 15) is 9.59 Å². The molecule has 0 amide bonds. The molecule has 0 atom stereocenters. The molecule has 0 bridgehead atoms. The quantitative estimate of drug-likeness (QED) is 0.716. The zero-order chi connectivity index (χ0) is 11.4. The van der Waals surface area contributed by atoms with Crippen molar-refractivity contribution in [2.75, 3.05) is 0 Å². The molecule has 2 rings (SSSR count). The third-order valence-corrected chi connectivity index (χ3v) is 1.91. The molecule has 0 fully saturated rings. The Hall–Kier alpha value is -1.84. The van der Waals surface area contributed by atoms with Crippen molar-refractivity contribution in [3.8, 4) is 0 Å². The van der Waals surface area contributed by atoms with Gasteiger partial charge in [-0.2, -0.15) is 0 Å². The predicted octanol–water partition coefficient (Wildman–Crippen LogP) is 1.82. The lowest BCUT2D eigenvalue weighted by Gasteiger charge is -1.97. The predicted molar refractivity (Wildman–Crippen MR) is 59.2 cm³/mol. The summed E-state index contributed by atoms with van der Waals surface area (Å²) in [4.78, 5) is 24.5. The number of hydrogen-bond acceptors (Lipinski definition) is 3. The van der Waals surface area contributed by atoms with Gasteiger partial charge in [-0.1, -0.05) is 26.0 Å². The van der Waals surface area contributed by atoms with Gasteiger partial charge in [-0.25, -0.2) is 9.59 Å². The molecule has 0 unspecified atom stereocenters. The minimum absolute atomic E-state index is 0.402. The third kappa shape index (κ3) is 2.15. The van der Waals surface area contributed by atoms with Crippen molar-refractivity contribution in [1.82, 2.24) is 4.98 Å². The van der Waals surface area contributed by atoms with Gasteiger partial charge in [0, 0.05) is 0 Å². The van der Waals surface area contributed by atoms with Gasteiger partial charge < -0.3 is 4.42 Å². The Bertz CT molecular complexity index is 566. The average molecular weight is 207 g/mol. The normalized spacial score (nSPS) is 9.53. The molecule has 15 heavy (non-hydrogen) atoms. The summed E-state index contributed by atoms with van der Waals surface area (Å²) in [7, 11) is 0. The molecule has 0 radical (unpaired) electrons. The molecule has 1 N–H and O–H groups in total. The molecular weight excluding hydrogens is 194 g/mol. The van der Waals surface area contributed by atoms with Crippen molar-refractivity contribution in [3.63, 3.8) is 0 Å². The minimum Gasteiger partial charge on any atom is -0.372 e. The molecule has 80 valence electrons. The number of H-pyrrole nitrogens is 1. The van der Waals surface area contributed by atoms with Gasteiger partial charge in [-0.15, -0.1) is 0 Å². The van der Waals surface area contributed by atoms with Crippen molar-refractivity contribution in [2.45, 2.75) is 20.8 Å². The van der Waals surface area contributed by atoms with E-state index in [0.29, 0.717) is 10.9 Å². The summed E-state index contributed by atoms with van der Waals surface area (Å²) in [5.74, 6) is -0.716. The molecule has 1 aromatic heterocycles. The van der Waals surface area contributed by atoms with Crippen LogP contribution in [0.3, 0.4) is 0 Å². The summed E-state index contributed by atoms with van der Waals surface area (Å²) < 4.78 is 4.38. The molecule has 4 heteroatoms. The topological polar surface area (TPSA) is 63.1 Å². The summed E-state index contributed by atoms with van der Waals surface area (Å²) in [5.41, 5.74) is 0.800. The van der Waals surface area contributed by atoms with Gasteiger partial charge in [-0.3, -0.25) is 4.98 Å². The van der Waals surface area contributed by atoms with Crippen LogP contribution in [0.1, 0.15) is 19.4 Å². The van der Waals surface area contributed by atoms with E-state index in [-0.39, 0.29) is 0 Å². The first-order valence-electron chi connectivity index (χ1n) is 4.81. The lowest BCUT2D eigenvalue weighted by atomic mass is 10.2. The van der Waals surface area contributed by atoms with Crippen LogP contribution in [0, 0.1) is 6.92 Å². The van der Waals surface area contributed by atoms with Crippen LogP contribution < -0.4 is 11.4 Å². The highest BCUT2D eigenvalue weighted by molar-refractivity contribution is 5.79. The van der Waals surface area contributed by atoms with Crippen molar-refractivity contribution >= 4 is 10.9 Å². The van der Waals surface area contributed by atoms with Gasteiger partial charge in [0.15, 0.2) is 0 Å². The van der Waals surface area contributed by atoms with Crippen LogP contribution in [0.15, 0.2) is 32.2 Å². The molecule has 0 aliphatic carbocycles. The number of aromatic amines is 1. The van der Waals surface area contributed by atoms with E-state index >= 15 is 0 Å². The Kier molecular flexibility index (Phi) is 3.44. The number of rotatable bonds is 0. The van der Waals surface area contributed by atoms with Gasteiger partial charge in [0.25, 0.3) is 0 Å². The fourth-order valence-corrected chi connectivity index (χ4v) is 1.27. The maximum absolute atomic E-state index is 11.2. The Balaban J connectivity index is 0.000000531. The summed E-state index contributed by atoms with van der Waals surface area (Å²) in [6.45, 7) is 5.82. The average Bonchev–Trinajstić information content (AvgIpc) is 2.23. The molecule has 0 saturated carbocycles. The molecular formula is C11H13NO3. The Morgan fingerprint density at radius 2 is 1.87 bits per heavy atom. The number of fused-ring (bicyclic) bond motifs is 1. The largest absolute Gasteiger partial charge is 0.419 e. The molecule has 0 spiro atoms. The summed E-state index contributed by atoms with van der Waals surface area (Å²) in [6, 6.07) is 5.18. The number of nitrogens with one attached hydrogen (secondary N) is 1. The van der Waals surface area contributed by atoms with E-state index in [1.54, 1.807) is 12.1 Å². The molecule has 2 aromatic rings. The Labute approximate surface area is 86.6 Å². The molecule has 0 aliphatic heterocycles. The number of para-hydroxylation sites is 1. The summed E-state index contributed by atoms with van der Waals surface area (Å²) in [6.07, 6.45) is 0. The van der Waals surface area contributed by atoms with Crippen LogP contribution in [0.25, 0.3) is 10.9 Å². The maximum atomic E-state index is 11.2. The first-order chi connectivity index (χ1) is 7.18. The van der Waals surface area contributed by atoms with Gasteiger partial charge in [-0.05, 0) is 18.6 Å². The maximum Gasteiger partial charge on any atom is 0.419 e. The van der Waals surface area contributed by atoms with Crippen molar-refractivity contribution < 1.29 is 4.42 Å². The molecule has 0 saturated heterocycles. The van der Waals surface area contributed by atoms with Crippen molar-refractivity contribution in [2.24, 2.45) is 0 Å². The zero-order valence-corrected chi connectivity index (χ0v) is 8.96. The van der Waals surface area contributed by atoms with E-state index in [4.69, 9.17) is 0 Å². The van der Waals surface area contributed by atoms with Crippen LogP contribution >= 0.6 is 0 Å². The first kappa shape index (κ1) is 11.2. The second-order valence-electron chi connectivity index (χ2n) is 2.80. The SMILES string of the molecule is CC.Cc1cccc2c(=O)oc(=O)[nH]c12. The number of aryl methyl sites for hydroxylation is 1. The van der Waals surface area contributed by atoms with E-state index in [1.807, 2.05) is 26.8 Å². The fraction of sp³-hybridized carbons (Fsp3) is 0.273. The third-order valence-electron chi connectivity index (χ3n) is 1.91. The zero-order valence-electron chi connectivity index (χ0n) is 8.96. The number of hydrogen-bond donors (Lipinski definition) is 1. The lowest BCUT2D eigenvalue weighted by Crippen LogP contribution is -2.14. The second-order valence-corrected chi connectivity index (χ2v) is 2.80. The molecule has 4 nitrogen and oxygen atoms in total. The van der Waals surface area contributed by atoms with Crippen LogP contribution in [0.5, 0.6) is 0 Å². The fourth-order valence-electron chi connectivity index (χ4n) is 1.27. The van der Waals surface area contributed by atoms with E-state index < -0.39 is 11.4 Å². The van der Waals surface area contributed by atoms with E-state index in [2.05, 4.69) is 9.40 Å². The molecule has 1 heterocycles. The number of benzene rings is 1. The van der Waals surface area contributed by atoms with Gasteiger partial charge in [0.2, 0.25) is 0 Å². The molecule has 1 aromatic carbocycles. The molecule has 0 aliphatic rings. The monoisotopic (exact) mass is 207 g/mol. The Morgan fingerprint density at radius 3 is 2.53 bits per heavy atom. The highest BCUT2D eigenvalue weighted by Crippen LogP contribution is 2.09. The minimum atomic E-state index is -0.716. The first-order valence-corrected chi connectivity index (χ1v) is 4.81. The van der Waals surface area contributed by atoms with Crippen LogP contribution in [0.2, 0.25) is 0 Å². The van der Waals surface area contributed by atoms with E-state index in [1.165, 1.54) is 0 Å². The smallest absolute Gasteiger partial charge is 0.372 e. The second kappa shape index (κ2) is 4.59. The van der Waals surface area contributed by atoms with Crippen LogP contribution in [0.4, 0.5) is 0 Å². The van der Waals surface area contributed by atoms with E-state index in [0.717, 1.165) is 5.56 Å². The standard InChI is InChI=1S/C9H7NO3.C2H6/c1-5-3-2-4-6-7(5)10-9(12)13-8(6)11;1-2/h2-4H,1H3,(H,10,12);1-2H3. The lowest BCUT2D eigenvalue weighted by molar-refractivity contribution is 0.460. The van der Waals surface area contributed by atoms with Gasteiger partial charge in [0.1, 0.15) is 0 Å². The van der Waals surface area contributed by atoms with Crippen LogP contribution in [-0.2, 0) is 0 Å². The highest BCUT2D eigenvalue weighted by atomic mass is 16.4. The Morgan fingerprint density at radius 1 is 1.20 bits per heavy atom. The van der Waals surface area contributed by atoms with Crippen molar-refractivity contribution in [1.29, 1.82) is 0 Å². The van der Waals surface area contributed by atoms with Crippen molar-refractivity contribution in [3.05, 3.63) is 44.7 Å². The van der Waals surface area contributed by atoms with Crippen LogP contribution in [-0.4, -0.2) is 4.98 Å². The number of aromatic nitrogens is 1. The van der Waals surface area contributed by atoms with Gasteiger partial charge in [0.05, 0.1) is 10.9 Å². The summed E-state index contributed by atoms with van der Waals surface area (Å²) >= 11 is 0.